The summed E-state index contributed by atoms with van der Waals surface area (Å²) in [6, 6.07) is 0.167. The Balaban J connectivity index is 1.65. The van der Waals surface area contributed by atoms with Crippen LogP contribution in [0, 0.1) is 34.5 Å². The summed E-state index contributed by atoms with van der Waals surface area (Å²) in [4.78, 5) is 3.21. The minimum atomic E-state index is 0.136. The summed E-state index contributed by atoms with van der Waals surface area (Å²) < 4.78 is 0.136. The maximum absolute atomic E-state index is 9.08. The van der Waals surface area contributed by atoms with E-state index in [-0.39, 0.29) is 9.46 Å². The maximum Gasteiger partial charge on any atom is 0.0522 e. The molecule has 0 aromatic heterocycles. The summed E-state index contributed by atoms with van der Waals surface area (Å²) in [5, 5.41) is 4.26. The van der Waals surface area contributed by atoms with Gasteiger partial charge >= 0.3 is 0 Å². The van der Waals surface area contributed by atoms with Gasteiger partial charge in [0.25, 0.3) is 0 Å². The lowest BCUT2D eigenvalue weighted by Gasteiger charge is -2.62. The second-order valence-corrected chi connectivity index (χ2v) is 12.6. The highest BCUT2D eigenvalue weighted by molar-refractivity contribution is 14.1. The van der Waals surface area contributed by atoms with Gasteiger partial charge in [-0.15, -0.1) is 0 Å². The van der Waals surface area contributed by atoms with Crippen molar-refractivity contribution in [2.45, 2.75) is 88.0 Å². The molecule has 0 aromatic carbocycles. The first kappa shape index (κ1) is 17.5. The third-order valence-corrected chi connectivity index (χ3v) is 10.2. The topological polar surface area (TPSA) is 48.8 Å². The van der Waals surface area contributed by atoms with Gasteiger partial charge in [-0.3, -0.25) is 0 Å². The van der Waals surface area contributed by atoms with E-state index in [9.17, 15) is 0 Å². The number of nitrogens with zero attached hydrogens (tertiary/aromatic N) is 3. The Morgan fingerprint density at radius 1 is 1.00 bits per heavy atom. The number of azide groups is 1. The lowest BCUT2D eigenvalue weighted by Crippen LogP contribution is -2.57. The molecular formula is C20H32IN3. The van der Waals surface area contributed by atoms with Crippen LogP contribution < -0.4 is 0 Å². The average molecular weight is 441 g/mol. The van der Waals surface area contributed by atoms with E-state index in [1.165, 1.54) is 51.4 Å². The predicted molar refractivity (Wildman–Crippen MR) is 107 cm³/mol. The number of hydrogen-bond donors (Lipinski definition) is 0. The van der Waals surface area contributed by atoms with Crippen LogP contribution in [0.2, 0.25) is 0 Å². The first-order valence-corrected chi connectivity index (χ1v) is 11.1. The van der Waals surface area contributed by atoms with Crippen molar-refractivity contribution >= 4 is 22.6 Å². The van der Waals surface area contributed by atoms with Crippen LogP contribution in [-0.4, -0.2) is 9.46 Å². The average Bonchev–Trinajstić information content (AvgIpc) is 2.90. The summed E-state index contributed by atoms with van der Waals surface area (Å²) in [5.41, 5.74) is 10.1. The van der Waals surface area contributed by atoms with Crippen LogP contribution in [0.15, 0.2) is 5.11 Å². The quantitative estimate of drug-likeness (QED) is 0.140. The third kappa shape index (κ3) is 2.46. The largest absolute Gasteiger partial charge is 0.0892 e. The van der Waals surface area contributed by atoms with E-state index < -0.39 is 0 Å². The van der Waals surface area contributed by atoms with Crippen molar-refractivity contribution in [3.05, 3.63) is 10.4 Å². The van der Waals surface area contributed by atoms with Gasteiger partial charge in [0.2, 0.25) is 0 Å². The van der Waals surface area contributed by atoms with Gasteiger partial charge in [0.15, 0.2) is 0 Å². The standard InChI is InChI=1S/C20H32IN3/c1-18-9-4-5-15(18)14-7-6-13-11-20(3,21)17(23-24-22)12-19(13,2)16(14)8-10-18/h13-17H,4-12H2,1-3H3/t13-,14-,15-,16-,17-,18-,19-,20-/m0/s1. The molecule has 4 aliphatic rings. The Bertz CT molecular complexity index is 569. The monoisotopic (exact) mass is 441 g/mol. The fourth-order valence-corrected chi connectivity index (χ4v) is 8.53. The highest BCUT2D eigenvalue weighted by Gasteiger charge is 2.60. The molecule has 0 aromatic rings. The molecule has 3 nitrogen and oxygen atoms in total. The zero-order valence-corrected chi connectivity index (χ0v) is 17.6. The third-order valence-electron chi connectivity index (χ3n) is 9.01. The summed E-state index contributed by atoms with van der Waals surface area (Å²) in [7, 11) is 0. The molecule has 0 spiro atoms. The summed E-state index contributed by atoms with van der Waals surface area (Å²) in [6.07, 6.45) is 12.5. The van der Waals surface area contributed by atoms with E-state index in [1.807, 2.05) is 0 Å². The highest BCUT2D eigenvalue weighted by atomic mass is 127. The summed E-state index contributed by atoms with van der Waals surface area (Å²) >= 11 is 2.58. The number of alkyl halides is 1. The van der Waals surface area contributed by atoms with E-state index in [0.717, 1.165) is 30.1 Å². The molecule has 0 bridgehead atoms. The second kappa shape index (κ2) is 5.77. The fourth-order valence-electron chi connectivity index (χ4n) is 7.65. The molecule has 4 rings (SSSR count). The van der Waals surface area contributed by atoms with Crippen LogP contribution in [0.5, 0.6) is 0 Å². The van der Waals surface area contributed by atoms with Gasteiger partial charge < -0.3 is 0 Å². The maximum atomic E-state index is 9.08. The summed E-state index contributed by atoms with van der Waals surface area (Å²) in [5.74, 6) is 3.62. The van der Waals surface area contributed by atoms with E-state index in [1.54, 1.807) is 0 Å². The Hall–Kier alpha value is 0.0400. The number of hydrogen-bond acceptors (Lipinski definition) is 1. The fraction of sp³-hybridized carbons (Fsp3) is 1.00. The molecule has 0 aliphatic heterocycles. The molecule has 4 heteroatoms. The van der Waals surface area contributed by atoms with Crippen LogP contribution in [0.25, 0.3) is 10.4 Å². The SMILES string of the molecule is C[C@@]12CCC[C@H]1[C@@H]1CC[C@H]3C[C@](C)(I)[C@@H](N=[N+]=[N-])C[C@]3(C)[C@H]1CC2. The molecule has 8 atom stereocenters. The van der Waals surface area contributed by atoms with Crippen LogP contribution >= 0.6 is 22.6 Å². The van der Waals surface area contributed by atoms with Gasteiger partial charge in [-0.2, -0.15) is 0 Å². The Kier molecular flexibility index (Phi) is 4.20. The van der Waals surface area contributed by atoms with Crippen LogP contribution in [0.4, 0.5) is 0 Å². The van der Waals surface area contributed by atoms with Crippen molar-refractivity contribution in [2.24, 2.45) is 39.6 Å². The normalized spacial score (nSPS) is 56.6. The summed E-state index contributed by atoms with van der Waals surface area (Å²) in [6.45, 7) is 7.46. The highest BCUT2D eigenvalue weighted by Crippen LogP contribution is 2.67. The van der Waals surface area contributed by atoms with E-state index >= 15 is 0 Å². The van der Waals surface area contributed by atoms with E-state index in [4.69, 9.17) is 5.53 Å². The van der Waals surface area contributed by atoms with Crippen molar-refractivity contribution in [2.75, 3.05) is 0 Å². The van der Waals surface area contributed by atoms with Gasteiger partial charge in [0, 0.05) is 8.33 Å². The van der Waals surface area contributed by atoms with Crippen molar-refractivity contribution < 1.29 is 0 Å². The molecule has 0 amide bonds. The minimum absolute atomic E-state index is 0.136. The molecule has 0 saturated heterocycles. The van der Waals surface area contributed by atoms with Gasteiger partial charge in [-0.25, -0.2) is 0 Å². The lowest BCUT2D eigenvalue weighted by atomic mass is 9.44. The van der Waals surface area contributed by atoms with Crippen molar-refractivity contribution in [1.82, 2.24) is 0 Å². The number of rotatable bonds is 1. The first-order valence-electron chi connectivity index (χ1n) is 10.0. The van der Waals surface area contributed by atoms with Crippen LogP contribution in [-0.2, 0) is 0 Å². The smallest absolute Gasteiger partial charge is 0.0522 e. The first-order chi connectivity index (χ1) is 11.3. The van der Waals surface area contributed by atoms with Crippen molar-refractivity contribution in [3.63, 3.8) is 0 Å². The van der Waals surface area contributed by atoms with Gasteiger partial charge in [-0.05, 0) is 91.4 Å². The molecule has 134 valence electrons. The van der Waals surface area contributed by atoms with Gasteiger partial charge in [0.05, 0.1) is 6.04 Å². The second-order valence-electron chi connectivity index (χ2n) is 10.1. The van der Waals surface area contributed by atoms with Crippen LogP contribution in [0.3, 0.4) is 0 Å². The van der Waals surface area contributed by atoms with Crippen LogP contribution in [0.1, 0.15) is 78.6 Å². The predicted octanol–water partition coefficient (Wildman–Crippen LogP) is 6.90. The van der Waals surface area contributed by atoms with Crippen molar-refractivity contribution in [1.29, 1.82) is 0 Å². The molecule has 4 aliphatic carbocycles. The molecule has 4 saturated carbocycles. The molecular weight excluding hydrogens is 409 g/mol. The molecule has 0 heterocycles. The van der Waals surface area contributed by atoms with Gasteiger partial charge in [0.1, 0.15) is 0 Å². The van der Waals surface area contributed by atoms with E-state index in [2.05, 4.69) is 53.4 Å². The van der Waals surface area contributed by atoms with Gasteiger partial charge in [-0.1, -0.05) is 54.9 Å². The van der Waals surface area contributed by atoms with E-state index in [0.29, 0.717) is 10.8 Å². The molecule has 0 radical (unpaired) electrons. The number of fused-ring (bicyclic) bond motifs is 5. The zero-order chi connectivity index (χ0) is 17.2. The number of halogens is 1. The Morgan fingerprint density at radius 3 is 2.54 bits per heavy atom. The molecule has 0 N–H and O–H groups in total. The molecule has 4 fully saturated rings. The minimum Gasteiger partial charge on any atom is -0.0892 e. The Labute approximate surface area is 160 Å². The Morgan fingerprint density at radius 2 is 1.79 bits per heavy atom. The lowest BCUT2D eigenvalue weighted by molar-refractivity contribution is -0.109. The molecule has 24 heavy (non-hydrogen) atoms. The van der Waals surface area contributed by atoms with Crippen molar-refractivity contribution in [3.8, 4) is 0 Å². The zero-order valence-electron chi connectivity index (χ0n) is 15.5. The molecule has 0 unspecified atom stereocenters.